The summed E-state index contributed by atoms with van der Waals surface area (Å²) in [7, 11) is 2.15. The second-order valence-electron chi connectivity index (χ2n) is 5.85. The van der Waals surface area contributed by atoms with Crippen molar-refractivity contribution in [3.63, 3.8) is 0 Å². The minimum absolute atomic E-state index is 0.168. The quantitative estimate of drug-likeness (QED) is 0.787. The summed E-state index contributed by atoms with van der Waals surface area (Å²) in [6.45, 7) is 2.05. The molecule has 1 aliphatic carbocycles. The van der Waals surface area contributed by atoms with Crippen LogP contribution in [-0.4, -0.2) is 36.0 Å². The Hall–Kier alpha value is -0.610. The molecule has 0 bridgehead atoms. The summed E-state index contributed by atoms with van der Waals surface area (Å²) in [6, 6.07) is 4.80. The summed E-state index contributed by atoms with van der Waals surface area (Å²) in [4.78, 5) is 3.07. The zero-order chi connectivity index (χ0) is 13.4. The third kappa shape index (κ3) is 3.11. The van der Waals surface area contributed by atoms with Crippen LogP contribution in [0.2, 0.25) is 0 Å². The Labute approximate surface area is 122 Å². The number of benzene rings is 1. The number of ether oxygens (including phenoxy) is 1. The Morgan fingerprint density at radius 1 is 1.37 bits per heavy atom. The second kappa shape index (κ2) is 5.41. The van der Waals surface area contributed by atoms with E-state index >= 15 is 0 Å². The highest BCUT2D eigenvalue weighted by molar-refractivity contribution is 9.09. The van der Waals surface area contributed by atoms with Gasteiger partial charge in [-0.15, -0.1) is 0 Å². The summed E-state index contributed by atoms with van der Waals surface area (Å²) >= 11 is 3.63. The van der Waals surface area contributed by atoms with Gasteiger partial charge in [-0.25, -0.2) is 4.39 Å². The molecule has 2 nitrogen and oxygen atoms in total. The highest BCUT2D eigenvalue weighted by Gasteiger charge is 2.29. The van der Waals surface area contributed by atoms with E-state index in [9.17, 15) is 4.39 Å². The molecule has 104 valence electrons. The van der Waals surface area contributed by atoms with Gasteiger partial charge in [0.15, 0.2) is 0 Å². The molecule has 19 heavy (non-hydrogen) atoms. The van der Waals surface area contributed by atoms with Gasteiger partial charge in [0.2, 0.25) is 0 Å². The van der Waals surface area contributed by atoms with Crippen molar-refractivity contribution >= 4 is 15.9 Å². The van der Waals surface area contributed by atoms with Crippen molar-refractivity contribution in [2.24, 2.45) is 5.92 Å². The van der Waals surface area contributed by atoms with Gasteiger partial charge >= 0.3 is 0 Å². The largest absolute Gasteiger partial charge is 0.488 e. The molecule has 0 spiro atoms. The van der Waals surface area contributed by atoms with Crippen LogP contribution >= 0.6 is 15.9 Å². The van der Waals surface area contributed by atoms with Crippen LogP contribution in [0.15, 0.2) is 18.2 Å². The van der Waals surface area contributed by atoms with E-state index in [-0.39, 0.29) is 11.9 Å². The Morgan fingerprint density at radius 3 is 2.89 bits per heavy atom. The first-order chi connectivity index (χ1) is 9.10. The fraction of sp³-hybridized carbons (Fsp3) is 0.600. The van der Waals surface area contributed by atoms with E-state index in [2.05, 4.69) is 27.9 Å². The Balaban J connectivity index is 1.50. The van der Waals surface area contributed by atoms with Crippen LogP contribution in [0.25, 0.3) is 0 Å². The number of hydrogen-bond acceptors (Lipinski definition) is 2. The summed E-state index contributed by atoms with van der Waals surface area (Å²) in [5, 5.41) is 0. The smallest absolute Gasteiger partial charge is 0.123 e. The first kappa shape index (κ1) is 13.4. The zero-order valence-electron chi connectivity index (χ0n) is 11.1. The number of likely N-dealkylation sites (N-methyl/N-ethyl adjacent to an activating group) is 1. The first-order valence-corrected chi connectivity index (χ1v) is 7.79. The molecule has 0 N–H and O–H groups in total. The van der Waals surface area contributed by atoms with Crippen molar-refractivity contribution in [1.29, 1.82) is 0 Å². The second-order valence-corrected chi connectivity index (χ2v) is 7.15. The molecule has 1 fully saturated rings. The predicted octanol–water partition coefficient (Wildman–Crippen LogP) is 3.23. The Kier molecular flexibility index (Phi) is 3.81. The molecule has 1 heterocycles. The normalized spacial score (nSPS) is 28.9. The fourth-order valence-corrected chi connectivity index (χ4v) is 4.11. The molecular weight excluding hydrogens is 309 g/mol. The van der Waals surface area contributed by atoms with Crippen LogP contribution in [0, 0.1) is 11.7 Å². The van der Waals surface area contributed by atoms with Crippen molar-refractivity contribution < 1.29 is 9.13 Å². The van der Waals surface area contributed by atoms with Gasteiger partial charge in [-0.2, -0.15) is 0 Å². The van der Waals surface area contributed by atoms with Crippen molar-refractivity contribution in [1.82, 2.24) is 4.90 Å². The lowest BCUT2D eigenvalue weighted by Gasteiger charge is -2.35. The van der Waals surface area contributed by atoms with Gasteiger partial charge in [0.1, 0.15) is 17.7 Å². The van der Waals surface area contributed by atoms with Crippen molar-refractivity contribution in [2.75, 3.05) is 20.1 Å². The maximum absolute atomic E-state index is 13.1. The van der Waals surface area contributed by atoms with E-state index in [0.717, 1.165) is 41.6 Å². The molecule has 0 amide bonds. The van der Waals surface area contributed by atoms with Gasteiger partial charge in [0.25, 0.3) is 0 Å². The first-order valence-electron chi connectivity index (χ1n) is 6.88. The third-order valence-corrected chi connectivity index (χ3v) is 4.77. The average molecular weight is 328 g/mol. The molecule has 1 aliphatic heterocycles. The zero-order valence-corrected chi connectivity index (χ0v) is 12.7. The third-order valence-electron chi connectivity index (χ3n) is 4.03. The maximum Gasteiger partial charge on any atom is 0.123 e. The highest BCUT2D eigenvalue weighted by atomic mass is 79.9. The number of fused-ring (bicyclic) bond motifs is 1. The summed E-state index contributed by atoms with van der Waals surface area (Å²) < 4.78 is 19.0. The van der Waals surface area contributed by atoms with Crippen LogP contribution in [0.1, 0.15) is 18.4 Å². The van der Waals surface area contributed by atoms with E-state index in [1.807, 2.05) is 0 Å². The standard InChI is InChI=1S/C15H19BrFNO/c1-18(8-10-4-12(16)5-10)9-14-7-11-6-13(17)2-3-15(11)19-14/h2-3,6,10,12,14H,4-5,7-9H2,1H3. The number of hydrogen-bond donors (Lipinski definition) is 0. The predicted molar refractivity (Wildman–Crippen MR) is 77.5 cm³/mol. The lowest BCUT2D eigenvalue weighted by molar-refractivity contribution is 0.140. The number of nitrogens with zero attached hydrogens (tertiary/aromatic N) is 1. The minimum Gasteiger partial charge on any atom is -0.488 e. The van der Waals surface area contributed by atoms with E-state index in [1.165, 1.54) is 18.9 Å². The average Bonchev–Trinajstić information content (AvgIpc) is 2.68. The molecule has 0 saturated heterocycles. The van der Waals surface area contributed by atoms with Crippen LogP contribution in [0.5, 0.6) is 5.75 Å². The number of alkyl halides is 1. The number of halogens is 2. The van der Waals surface area contributed by atoms with Crippen molar-refractivity contribution in [3.05, 3.63) is 29.6 Å². The number of rotatable bonds is 4. The van der Waals surface area contributed by atoms with Crippen LogP contribution in [0.4, 0.5) is 4.39 Å². The van der Waals surface area contributed by atoms with Crippen molar-refractivity contribution in [2.45, 2.75) is 30.2 Å². The minimum atomic E-state index is -0.172. The van der Waals surface area contributed by atoms with Crippen LogP contribution < -0.4 is 4.74 Å². The van der Waals surface area contributed by atoms with Gasteiger partial charge in [0, 0.05) is 29.9 Å². The Bertz CT molecular complexity index is 461. The van der Waals surface area contributed by atoms with E-state index < -0.39 is 0 Å². The molecule has 1 unspecified atom stereocenters. The molecule has 0 aromatic heterocycles. The lowest BCUT2D eigenvalue weighted by atomic mass is 9.85. The molecule has 0 radical (unpaired) electrons. The highest BCUT2D eigenvalue weighted by Crippen LogP contribution is 2.34. The molecule has 1 atom stereocenters. The van der Waals surface area contributed by atoms with E-state index in [1.54, 1.807) is 12.1 Å². The topological polar surface area (TPSA) is 12.5 Å². The lowest BCUT2D eigenvalue weighted by Crippen LogP contribution is -2.39. The monoisotopic (exact) mass is 327 g/mol. The molecule has 1 aromatic carbocycles. The van der Waals surface area contributed by atoms with Gasteiger partial charge < -0.3 is 9.64 Å². The van der Waals surface area contributed by atoms with Crippen LogP contribution in [-0.2, 0) is 6.42 Å². The SMILES string of the molecule is CN(CC1CC(Br)C1)CC1Cc2cc(F)ccc2O1. The van der Waals surface area contributed by atoms with Gasteiger partial charge in [0.05, 0.1) is 0 Å². The summed E-state index contributed by atoms with van der Waals surface area (Å²) in [5.74, 6) is 1.49. The molecule has 3 rings (SSSR count). The van der Waals surface area contributed by atoms with Crippen molar-refractivity contribution in [3.8, 4) is 5.75 Å². The van der Waals surface area contributed by atoms with E-state index in [4.69, 9.17) is 4.74 Å². The molecule has 2 aliphatic rings. The molecular formula is C15H19BrFNO. The van der Waals surface area contributed by atoms with Crippen LogP contribution in [0.3, 0.4) is 0 Å². The fourth-order valence-electron chi connectivity index (χ4n) is 3.06. The molecule has 1 saturated carbocycles. The maximum atomic E-state index is 13.1. The van der Waals surface area contributed by atoms with Gasteiger partial charge in [-0.3, -0.25) is 0 Å². The van der Waals surface area contributed by atoms with Gasteiger partial charge in [-0.05, 0) is 44.0 Å². The summed E-state index contributed by atoms with van der Waals surface area (Å²) in [6.07, 6.45) is 3.55. The van der Waals surface area contributed by atoms with E-state index in [0.29, 0.717) is 0 Å². The van der Waals surface area contributed by atoms with Gasteiger partial charge in [-0.1, -0.05) is 15.9 Å². The Morgan fingerprint density at radius 2 is 2.16 bits per heavy atom. The molecule has 1 aromatic rings. The summed E-state index contributed by atoms with van der Waals surface area (Å²) in [5.41, 5.74) is 1.00. The molecule has 4 heteroatoms.